The van der Waals surface area contributed by atoms with Crippen molar-refractivity contribution in [3.63, 3.8) is 0 Å². The fourth-order valence-corrected chi connectivity index (χ4v) is 0. The van der Waals surface area contributed by atoms with E-state index < -0.39 is 0 Å². The Morgan fingerprint density at radius 1 is 0.200 bits per heavy atom. The Morgan fingerprint density at radius 3 is 0.200 bits per heavy atom. The predicted octanol–water partition coefficient (Wildman–Crippen LogP) is -15.0. The molecule has 0 nitrogen and oxygen atoms in total. The Kier molecular flexibility index (Phi) is 149. The first-order chi connectivity index (χ1) is 0. The zero-order valence-electron chi connectivity index (χ0n) is 5.00. The molecule has 0 bridgehead atoms. The molecular formula is Na5+5. The Morgan fingerprint density at radius 2 is 0.200 bits per heavy atom. The Labute approximate surface area is 143 Å². The van der Waals surface area contributed by atoms with Crippen molar-refractivity contribution in [1.82, 2.24) is 0 Å². The van der Waals surface area contributed by atoms with Crippen LogP contribution in [0.1, 0.15) is 0 Å². The van der Waals surface area contributed by atoms with Crippen LogP contribution in [-0.2, 0) is 0 Å². The smallest absolute Gasteiger partial charge is 1.00 e. The van der Waals surface area contributed by atoms with Crippen molar-refractivity contribution >= 4 is 0 Å². The minimum absolute atomic E-state index is 0. The van der Waals surface area contributed by atoms with Gasteiger partial charge in [0, 0.05) is 0 Å². The van der Waals surface area contributed by atoms with Crippen molar-refractivity contribution in [3.05, 3.63) is 0 Å². The molecule has 0 saturated heterocycles. The second-order valence-electron chi connectivity index (χ2n) is 0. The van der Waals surface area contributed by atoms with Gasteiger partial charge in [0.25, 0.3) is 0 Å². The van der Waals surface area contributed by atoms with E-state index in [2.05, 4.69) is 0 Å². The van der Waals surface area contributed by atoms with Gasteiger partial charge in [-0.05, 0) is 0 Å². The van der Waals surface area contributed by atoms with E-state index in [1.165, 1.54) is 0 Å². The third-order valence-electron chi connectivity index (χ3n) is 0. The third-order valence-corrected chi connectivity index (χ3v) is 0. The van der Waals surface area contributed by atoms with E-state index >= 15 is 0 Å². The molecule has 0 valence electrons. The molecule has 0 radical (unpaired) electrons. The van der Waals surface area contributed by atoms with Gasteiger partial charge in [0.1, 0.15) is 0 Å². The predicted molar refractivity (Wildman–Crippen MR) is 0 cm³/mol. The second-order valence-corrected chi connectivity index (χ2v) is 0. The van der Waals surface area contributed by atoms with Gasteiger partial charge in [-0.3, -0.25) is 0 Å². The minimum Gasteiger partial charge on any atom is 1.00 e. The molecule has 5 heteroatoms. The zero-order chi connectivity index (χ0) is 0. The molecule has 0 spiro atoms. The Balaban J connectivity index is 0. The van der Waals surface area contributed by atoms with Gasteiger partial charge >= 0.3 is 148 Å². The van der Waals surface area contributed by atoms with Crippen molar-refractivity contribution in [2.75, 3.05) is 0 Å². The molecule has 0 N–H and O–H groups in total. The average Bonchev–Trinajstić information content (AvgIpc) is 0. The molecule has 0 aliphatic carbocycles. The first kappa shape index (κ1) is 32.4. The van der Waals surface area contributed by atoms with Gasteiger partial charge in [-0.2, -0.15) is 0 Å². The molecule has 0 aromatic rings. The fraction of sp³-hybridized carbons (Fsp3) is 0. The van der Waals surface area contributed by atoms with Crippen LogP contribution < -0.4 is 148 Å². The summed E-state index contributed by atoms with van der Waals surface area (Å²) in [4.78, 5) is 0. The van der Waals surface area contributed by atoms with Gasteiger partial charge in [0.2, 0.25) is 0 Å². The summed E-state index contributed by atoms with van der Waals surface area (Å²) in [7, 11) is 0. The van der Waals surface area contributed by atoms with Gasteiger partial charge < -0.3 is 0 Å². The first-order valence-electron chi connectivity index (χ1n) is 0. The van der Waals surface area contributed by atoms with Crippen LogP contribution in [0.4, 0.5) is 0 Å². The van der Waals surface area contributed by atoms with Crippen LogP contribution >= 0.6 is 0 Å². The maximum absolute atomic E-state index is 0. The molecule has 0 aliphatic heterocycles. The largest absolute Gasteiger partial charge is 1.00 e. The van der Waals surface area contributed by atoms with E-state index in [0.717, 1.165) is 0 Å². The maximum atomic E-state index is 0. The Bertz CT molecular complexity index is 0. The summed E-state index contributed by atoms with van der Waals surface area (Å²) >= 11 is 0. The summed E-state index contributed by atoms with van der Waals surface area (Å²) in [6, 6.07) is 0. The van der Waals surface area contributed by atoms with Crippen LogP contribution in [0.25, 0.3) is 0 Å². The van der Waals surface area contributed by atoms with E-state index in [0.29, 0.717) is 0 Å². The van der Waals surface area contributed by atoms with Crippen molar-refractivity contribution in [2.45, 2.75) is 0 Å². The van der Waals surface area contributed by atoms with Gasteiger partial charge in [-0.15, -0.1) is 0 Å². The molecule has 0 aromatic carbocycles. The van der Waals surface area contributed by atoms with Crippen molar-refractivity contribution < 1.29 is 148 Å². The average molecular weight is 115 g/mol. The van der Waals surface area contributed by atoms with Crippen molar-refractivity contribution in [2.24, 2.45) is 0 Å². The van der Waals surface area contributed by atoms with E-state index in [9.17, 15) is 0 Å². The monoisotopic (exact) mass is 115 g/mol. The molecule has 0 aromatic heterocycles. The summed E-state index contributed by atoms with van der Waals surface area (Å²) in [6.07, 6.45) is 0. The molecule has 0 unspecified atom stereocenters. The SMILES string of the molecule is [Na+].[Na+].[Na+].[Na+].[Na+]. The van der Waals surface area contributed by atoms with Crippen LogP contribution in [0.3, 0.4) is 0 Å². The molecular weight excluding hydrogens is 115 g/mol. The molecule has 0 aliphatic rings. The standard InChI is InChI=1S/5Na/q5*+1. The normalized spacial score (nSPS) is 0. The van der Waals surface area contributed by atoms with Gasteiger partial charge in [0.15, 0.2) is 0 Å². The van der Waals surface area contributed by atoms with E-state index in [1.54, 1.807) is 0 Å². The summed E-state index contributed by atoms with van der Waals surface area (Å²) < 4.78 is 0. The molecule has 0 amide bonds. The summed E-state index contributed by atoms with van der Waals surface area (Å²) in [5.74, 6) is 0. The van der Waals surface area contributed by atoms with Crippen molar-refractivity contribution in [3.8, 4) is 0 Å². The Hall–Kier alpha value is 5.00. The van der Waals surface area contributed by atoms with Crippen molar-refractivity contribution in [1.29, 1.82) is 0 Å². The molecule has 5 heavy (non-hydrogen) atoms. The second kappa shape index (κ2) is 23.0. The quantitative estimate of drug-likeness (QED) is 0.275. The van der Waals surface area contributed by atoms with E-state index in [1.807, 2.05) is 0 Å². The minimum atomic E-state index is 0. The summed E-state index contributed by atoms with van der Waals surface area (Å²) in [5, 5.41) is 0. The fourth-order valence-electron chi connectivity index (χ4n) is 0. The molecule has 0 heterocycles. The zero-order valence-corrected chi connectivity index (χ0v) is 15.0. The van der Waals surface area contributed by atoms with E-state index in [-0.39, 0.29) is 148 Å². The van der Waals surface area contributed by atoms with Crippen LogP contribution in [-0.4, -0.2) is 0 Å². The topological polar surface area (TPSA) is 0 Å². The molecule has 0 rings (SSSR count). The van der Waals surface area contributed by atoms with Crippen LogP contribution in [0.2, 0.25) is 0 Å². The maximum Gasteiger partial charge on any atom is 1.00 e. The third kappa shape index (κ3) is 17.6. The van der Waals surface area contributed by atoms with Crippen LogP contribution in [0, 0.1) is 0 Å². The van der Waals surface area contributed by atoms with Gasteiger partial charge in [-0.1, -0.05) is 0 Å². The molecule has 0 atom stereocenters. The number of rotatable bonds is 0. The first-order valence-corrected chi connectivity index (χ1v) is 0. The van der Waals surface area contributed by atoms with E-state index in [4.69, 9.17) is 0 Å². The van der Waals surface area contributed by atoms with Crippen LogP contribution in [0.15, 0.2) is 0 Å². The van der Waals surface area contributed by atoms with Crippen LogP contribution in [0.5, 0.6) is 0 Å². The number of hydrogen-bond acceptors (Lipinski definition) is 0. The van der Waals surface area contributed by atoms with Gasteiger partial charge in [-0.25, -0.2) is 0 Å². The summed E-state index contributed by atoms with van der Waals surface area (Å²) in [5.41, 5.74) is 0. The molecule has 0 fully saturated rings. The molecule has 0 saturated carbocycles. The summed E-state index contributed by atoms with van der Waals surface area (Å²) in [6.45, 7) is 0. The van der Waals surface area contributed by atoms with Gasteiger partial charge in [0.05, 0.1) is 0 Å². The number of hydrogen-bond donors (Lipinski definition) is 0.